The van der Waals surface area contributed by atoms with E-state index in [0.717, 1.165) is 10.0 Å². The van der Waals surface area contributed by atoms with Gasteiger partial charge < -0.3 is 15.2 Å². The number of carboxylic acid groups (broad SMARTS) is 1. The Morgan fingerprint density at radius 2 is 1.75 bits per heavy atom. The minimum atomic E-state index is -1.21. The molecule has 0 aliphatic carbocycles. The van der Waals surface area contributed by atoms with E-state index in [1.54, 1.807) is 30.3 Å². The molecule has 2 aromatic carbocycles. The summed E-state index contributed by atoms with van der Waals surface area (Å²) < 4.78 is 0.837. The van der Waals surface area contributed by atoms with Crippen LogP contribution in [-0.2, 0) is 6.54 Å². The van der Waals surface area contributed by atoms with E-state index in [9.17, 15) is 14.7 Å². The highest BCUT2D eigenvalue weighted by Crippen LogP contribution is 2.11. The number of halogens is 1. The summed E-state index contributed by atoms with van der Waals surface area (Å²) in [7, 11) is 0. The molecule has 0 aliphatic rings. The van der Waals surface area contributed by atoms with Gasteiger partial charge in [-0.1, -0.05) is 46.3 Å². The fraction of sp³-hybridized carbons (Fsp3) is 0.0667. The fourth-order valence-electron chi connectivity index (χ4n) is 1.67. The number of hydrogen-bond donors (Lipinski definition) is 1. The van der Waals surface area contributed by atoms with Crippen molar-refractivity contribution in [3.05, 3.63) is 69.7 Å². The molecule has 5 heteroatoms. The lowest BCUT2D eigenvalue weighted by molar-refractivity contribution is -0.255. The van der Waals surface area contributed by atoms with Crippen LogP contribution in [0.15, 0.2) is 53.0 Å². The van der Waals surface area contributed by atoms with Gasteiger partial charge in [0.15, 0.2) is 0 Å². The average Bonchev–Trinajstić information content (AvgIpc) is 2.45. The molecular weight excluding hydrogens is 322 g/mol. The molecule has 0 atom stereocenters. The van der Waals surface area contributed by atoms with Crippen molar-refractivity contribution in [2.45, 2.75) is 6.54 Å². The average molecular weight is 333 g/mol. The van der Waals surface area contributed by atoms with Crippen molar-refractivity contribution in [2.75, 3.05) is 0 Å². The van der Waals surface area contributed by atoms with Gasteiger partial charge >= 0.3 is 0 Å². The molecule has 1 N–H and O–H groups in total. The Morgan fingerprint density at radius 1 is 1.05 bits per heavy atom. The number of carbonyl (C=O) groups is 2. The van der Waals surface area contributed by atoms with Gasteiger partial charge in [-0.05, 0) is 29.3 Å². The van der Waals surface area contributed by atoms with Crippen LogP contribution in [0, 0.1) is 0 Å². The van der Waals surface area contributed by atoms with Gasteiger partial charge in [0.2, 0.25) is 0 Å². The quantitative estimate of drug-likeness (QED) is 0.927. The summed E-state index contributed by atoms with van der Waals surface area (Å²) >= 11 is 3.31. The fourth-order valence-corrected chi connectivity index (χ4v) is 2.07. The minimum absolute atomic E-state index is 0.118. The SMILES string of the molecule is O=C([O-])c1ccc(CNC(=O)c2cccc(Br)c2)cc1. The van der Waals surface area contributed by atoms with Crippen LogP contribution < -0.4 is 10.4 Å². The zero-order valence-electron chi connectivity index (χ0n) is 10.4. The Bertz CT molecular complexity index is 638. The third-order valence-corrected chi connectivity index (χ3v) is 3.22. The van der Waals surface area contributed by atoms with Crippen LogP contribution in [0.5, 0.6) is 0 Å². The third-order valence-electron chi connectivity index (χ3n) is 2.73. The van der Waals surface area contributed by atoms with Gasteiger partial charge in [-0.2, -0.15) is 0 Å². The molecule has 0 radical (unpaired) electrons. The van der Waals surface area contributed by atoms with E-state index in [-0.39, 0.29) is 11.5 Å². The Balaban J connectivity index is 1.98. The molecule has 20 heavy (non-hydrogen) atoms. The van der Waals surface area contributed by atoms with Crippen LogP contribution in [0.3, 0.4) is 0 Å². The molecule has 0 aliphatic heterocycles. The highest BCUT2D eigenvalue weighted by atomic mass is 79.9. The lowest BCUT2D eigenvalue weighted by Crippen LogP contribution is -2.23. The van der Waals surface area contributed by atoms with Crippen molar-refractivity contribution in [3.8, 4) is 0 Å². The normalized spacial score (nSPS) is 10.1. The monoisotopic (exact) mass is 332 g/mol. The van der Waals surface area contributed by atoms with Crippen LogP contribution in [-0.4, -0.2) is 11.9 Å². The van der Waals surface area contributed by atoms with Crippen LogP contribution in [0.2, 0.25) is 0 Å². The molecule has 2 aromatic rings. The Kier molecular flexibility index (Phi) is 4.53. The van der Waals surface area contributed by atoms with E-state index in [4.69, 9.17) is 0 Å². The van der Waals surface area contributed by atoms with E-state index in [0.29, 0.717) is 12.1 Å². The molecule has 0 saturated heterocycles. The van der Waals surface area contributed by atoms with Gasteiger partial charge in [0.1, 0.15) is 0 Å². The molecule has 2 rings (SSSR count). The largest absolute Gasteiger partial charge is 0.545 e. The lowest BCUT2D eigenvalue weighted by atomic mass is 10.1. The molecule has 0 fully saturated rings. The second kappa shape index (κ2) is 6.34. The van der Waals surface area contributed by atoms with Crippen molar-refractivity contribution < 1.29 is 14.7 Å². The number of benzene rings is 2. The highest BCUT2D eigenvalue weighted by molar-refractivity contribution is 9.10. The molecule has 0 spiro atoms. The van der Waals surface area contributed by atoms with Crippen LogP contribution >= 0.6 is 15.9 Å². The van der Waals surface area contributed by atoms with Crippen molar-refractivity contribution in [1.29, 1.82) is 0 Å². The molecule has 0 heterocycles. The van der Waals surface area contributed by atoms with E-state index in [2.05, 4.69) is 21.2 Å². The van der Waals surface area contributed by atoms with Gasteiger partial charge in [0, 0.05) is 16.6 Å². The molecule has 1 amide bonds. The van der Waals surface area contributed by atoms with Crippen molar-refractivity contribution in [1.82, 2.24) is 5.32 Å². The predicted molar refractivity (Wildman–Crippen MR) is 76.1 cm³/mol. The maximum atomic E-state index is 11.9. The number of carbonyl (C=O) groups excluding carboxylic acids is 2. The molecule has 0 unspecified atom stereocenters. The first kappa shape index (κ1) is 14.3. The second-order valence-corrected chi connectivity index (χ2v) is 5.09. The number of rotatable bonds is 4. The second-order valence-electron chi connectivity index (χ2n) is 4.18. The van der Waals surface area contributed by atoms with Gasteiger partial charge in [0.25, 0.3) is 5.91 Å². The summed E-state index contributed by atoms with van der Waals surface area (Å²) in [5, 5.41) is 13.4. The van der Waals surface area contributed by atoms with E-state index in [1.807, 2.05) is 6.07 Å². The first-order valence-corrected chi connectivity index (χ1v) is 6.69. The first-order valence-electron chi connectivity index (χ1n) is 5.90. The van der Waals surface area contributed by atoms with Crippen LogP contribution in [0.25, 0.3) is 0 Å². The van der Waals surface area contributed by atoms with Crippen LogP contribution in [0.1, 0.15) is 26.3 Å². The molecular formula is C15H11BrNO3-. The number of carboxylic acids is 1. The predicted octanol–water partition coefficient (Wildman–Crippen LogP) is 1.74. The number of nitrogens with one attached hydrogen (secondary N) is 1. The van der Waals surface area contributed by atoms with Crippen molar-refractivity contribution in [3.63, 3.8) is 0 Å². The summed E-state index contributed by atoms with van der Waals surface area (Å²) in [4.78, 5) is 22.5. The standard InChI is InChI=1S/C15H12BrNO3/c16-13-3-1-2-12(8-13)14(18)17-9-10-4-6-11(7-5-10)15(19)20/h1-8H,9H2,(H,17,18)(H,19,20)/p-1. The number of aromatic carboxylic acids is 1. The Hall–Kier alpha value is -2.14. The molecule has 0 aromatic heterocycles. The third kappa shape index (κ3) is 3.68. The zero-order valence-corrected chi connectivity index (χ0v) is 12.0. The van der Waals surface area contributed by atoms with E-state index in [1.165, 1.54) is 12.1 Å². The number of amides is 1. The first-order chi connectivity index (χ1) is 9.56. The maximum Gasteiger partial charge on any atom is 0.251 e. The van der Waals surface area contributed by atoms with Gasteiger partial charge in [-0.3, -0.25) is 4.79 Å². The van der Waals surface area contributed by atoms with E-state index >= 15 is 0 Å². The molecule has 102 valence electrons. The molecule has 4 nitrogen and oxygen atoms in total. The summed E-state index contributed by atoms with van der Waals surface area (Å²) in [5.41, 5.74) is 1.50. The summed E-state index contributed by atoms with van der Waals surface area (Å²) in [5.74, 6) is -1.40. The summed E-state index contributed by atoms with van der Waals surface area (Å²) in [6.07, 6.45) is 0. The van der Waals surface area contributed by atoms with Crippen LogP contribution in [0.4, 0.5) is 0 Å². The molecule has 0 bridgehead atoms. The van der Waals surface area contributed by atoms with Gasteiger partial charge in [-0.15, -0.1) is 0 Å². The Morgan fingerprint density at radius 3 is 2.35 bits per heavy atom. The maximum absolute atomic E-state index is 11.9. The number of hydrogen-bond acceptors (Lipinski definition) is 3. The molecule has 0 saturated carbocycles. The lowest BCUT2D eigenvalue weighted by Gasteiger charge is -2.07. The van der Waals surface area contributed by atoms with Gasteiger partial charge in [-0.25, -0.2) is 0 Å². The smallest absolute Gasteiger partial charge is 0.251 e. The van der Waals surface area contributed by atoms with E-state index < -0.39 is 5.97 Å². The topological polar surface area (TPSA) is 69.2 Å². The van der Waals surface area contributed by atoms with Crippen molar-refractivity contribution in [2.24, 2.45) is 0 Å². The summed E-state index contributed by atoms with van der Waals surface area (Å²) in [6.45, 7) is 0.332. The van der Waals surface area contributed by atoms with Gasteiger partial charge in [0.05, 0.1) is 5.97 Å². The highest BCUT2D eigenvalue weighted by Gasteiger charge is 2.05. The minimum Gasteiger partial charge on any atom is -0.545 e. The zero-order chi connectivity index (χ0) is 14.5. The summed E-state index contributed by atoms with van der Waals surface area (Å²) in [6, 6.07) is 13.3. The van der Waals surface area contributed by atoms with Crippen molar-refractivity contribution >= 4 is 27.8 Å². The Labute approximate surface area is 124 Å².